The molecule has 2 N–H and O–H groups in total. The molecule has 5 heteroatoms. The van der Waals surface area contributed by atoms with Crippen LogP contribution in [0.2, 0.25) is 0 Å². The Morgan fingerprint density at radius 3 is 2.21 bits per heavy atom. The van der Waals surface area contributed by atoms with Crippen LogP contribution in [-0.2, 0) is 9.59 Å². The van der Waals surface area contributed by atoms with Crippen molar-refractivity contribution in [2.45, 2.75) is 26.8 Å². The van der Waals surface area contributed by atoms with E-state index < -0.39 is 17.7 Å². The molecule has 1 atom stereocenters. The van der Waals surface area contributed by atoms with E-state index >= 15 is 0 Å². The number of carbonyl (C=O) groups excluding carboxylic acids is 2. The van der Waals surface area contributed by atoms with Crippen molar-refractivity contribution in [1.29, 1.82) is 0 Å². The Bertz CT molecular complexity index is 899. The van der Waals surface area contributed by atoms with E-state index in [0.29, 0.717) is 12.1 Å². The number of aliphatic hydroxyl groups is 1. The molecule has 3 rings (SSSR count). The number of ketones is 1. The molecule has 0 spiro atoms. The minimum absolute atomic E-state index is 0.118. The second-order valence-corrected chi connectivity index (χ2v) is 7.48. The van der Waals surface area contributed by atoms with Gasteiger partial charge in [0.1, 0.15) is 5.76 Å². The van der Waals surface area contributed by atoms with Crippen LogP contribution in [0.15, 0.2) is 60.2 Å². The van der Waals surface area contributed by atoms with Gasteiger partial charge in [-0.25, -0.2) is 0 Å². The summed E-state index contributed by atoms with van der Waals surface area (Å²) in [6.07, 6.45) is 0. The van der Waals surface area contributed by atoms with E-state index in [1.165, 1.54) is 4.90 Å². The Hall–Kier alpha value is -2.92. The first-order valence-electron chi connectivity index (χ1n) is 10.2. The summed E-state index contributed by atoms with van der Waals surface area (Å²) < 4.78 is 0. The number of quaternary nitrogens is 1. The molecule has 1 heterocycles. The van der Waals surface area contributed by atoms with Crippen LogP contribution in [0.1, 0.15) is 36.6 Å². The summed E-state index contributed by atoms with van der Waals surface area (Å²) in [5, 5.41) is 11.0. The number of carbonyl (C=O) groups is 2. The lowest BCUT2D eigenvalue weighted by molar-refractivity contribution is -0.895. The van der Waals surface area contributed by atoms with Gasteiger partial charge in [0.15, 0.2) is 0 Å². The van der Waals surface area contributed by atoms with Crippen LogP contribution >= 0.6 is 0 Å². The molecule has 0 saturated carbocycles. The van der Waals surface area contributed by atoms with Crippen LogP contribution in [0.25, 0.3) is 5.76 Å². The van der Waals surface area contributed by atoms with Crippen LogP contribution in [0.4, 0.5) is 0 Å². The third-order valence-electron chi connectivity index (χ3n) is 5.69. The van der Waals surface area contributed by atoms with Gasteiger partial charge in [0.25, 0.3) is 11.7 Å². The molecule has 1 saturated heterocycles. The van der Waals surface area contributed by atoms with Gasteiger partial charge >= 0.3 is 0 Å². The number of hydrogen-bond donors (Lipinski definition) is 2. The van der Waals surface area contributed by atoms with Gasteiger partial charge in [0, 0.05) is 5.56 Å². The van der Waals surface area contributed by atoms with E-state index in [-0.39, 0.29) is 11.3 Å². The molecule has 1 aliphatic rings. The number of nitrogens with zero attached hydrogens (tertiary/aromatic N) is 1. The number of benzene rings is 2. The highest BCUT2D eigenvalue weighted by Crippen LogP contribution is 2.39. The molecule has 1 fully saturated rings. The van der Waals surface area contributed by atoms with E-state index in [1.54, 1.807) is 29.2 Å². The van der Waals surface area contributed by atoms with Crippen molar-refractivity contribution in [3.8, 4) is 0 Å². The maximum absolute atomic E-state index is 12.9. The third-order valence-corrected chi connectivity index (χ3v) is 5.69. The van der Waals surface area contributed by atoms with E-state index in [9.17, 15) is 14.7 Å². The largest absolute Gasteiger partial charge is 0.507 e. The van der Waals surface area contributed by atoms with Gasteiger partial charge in [-0.15, -0.1) is 0 Å². The lowest BCUT2D eigenvalue weighted by Gasteiger charge is -2.27. The number of likely N-dealkylation sites (N-methyl/N-ethyl adjacent to an activating group) is 1. The first-order chi connectivity index (χ1) is 14.0. The average molecular weight is 394 g/mol. The Labute approximate surface area is 172 Å². The van der Waals surface area contributed by atoms with Crippen LogP contribution in [-0.4, -0.2) is 47.9 Å². The lowest BCUT2D eigenvalue weighted by atomic mass is 9.95. The molecule has 2 aromatic carbocycles. The molecule has 0 aromatic heterocycles. The van der Waals surface area contributed by atoms with Gasteiger partial charge < -0.3 is 14.9 Å². The number of nitrogens with one attached hydrogen (secondary N) is 1. The fourth-order valence-corrected chi connectivity index (χ4v) is 3.84. The van der Waals surface area contributed by atoms with E-state index in [2.05, 4.69) is 13.8 Å². The second-order valence-electron chi connectivity index (χ2n) is 7.48. The molecule has 5 nitrogen and oxygen atoms in total. The zero-order chi connectivity index (χ0) is 21.0. The van der Waals surface area contributed by atoms with Crippen molar-refractivity contribution in [2.24, 2.45) is 0 Å². The summed E-state index contributed by atoms with van der Waals surface area (Å²) in [6.45, 7) is 9.35. The minimum Gasteiger partial charge on any atom is -0.507 e. The predicted octanol–water partition coefficient (Wildman–Crippen LogP) is 2.34. The zero-order valence-corrected chi connectivity index (χ0v) is 17.3. The SMILES string of the molecule is CC[NH+](CC)CCN1C(=O)C(=O)C(=C(O)c2ccccc2)[C@H]1c1ccc(C)cc1. The highest BCUT2D eigenvalue weighted by atomic mass is 16.3. The molecule has 0 unspecified atom stereocenters. The summed E-state index contributed by atoms with van der Waals surface area (Å²) in [4.78, 5) is 28.8. The molecule has 0 bridgehead atoms. The molecule has 1 amide bonds. The van der Waals surface area contributed by atoms with Gasteiger partial charge in [-0.2, -0.15) is 0 Å². The Kier molecular flexibility index (Phi) is 6.49. The van der Waals surface area contributed by atoms with Crippen LogP contribution in [0.5, 0.6) is 0 Å². The third kappa shape index (κ3) is 4.25. The highest BCUT2D eigenvalue weighted by molar-refractivity contribution is 6.46. The Morgan fingerprint density at radius 1 is 1.00 bits per heavy atom. The van der Waals surface area contributed by atoms with Crippen LogP contribution in [0, 0.1) is 6.92 Å². The first-order valence-corrected chi connectivity index (χ1v) is 10.2. The topological polar surface area (TPSA) is 62.0 Å². The number of aryl methyl sites for hydroxylation is 1. The summed E-state index contributed by atoms with van der Waals surface area (Å²) in [5.74, 6) is -1.28. The van der Waals surface area contributed by atoms with Crippen LogP contribution in [0.3, 0.4) is 0 Å². The highest BCUT2D eigenvalue weighted by Gasteiger charge is 2.46. The van der Waals surface area contributed by atoms with Crippen molar-refractivity contribution >= 4 is 17.4 Å². The van der Waals surface area contributed by atoms with E-state index in [4.69, 9.17) is 0 Å². The minimum atomic E-state index is -0.619. The molecule has 0 aliphatic carbocycles. The van der Waals surface area contributed by atoms with Gasteiger partial charge in [0.2, 0.25) is 0 Å². The quantitative estimate of drug-likeness (QED) is 0.431. The second kappa shape index (κ2) is 9.05. The first kappa shape index (κ1) is 20.8. The number of Topliss-reactive ketones (excluding diaryl/α,β-unsaturated/α-hetero) is 1. The smallest absolute Gasteiger partial charge is 0.295 e. The number of amides is 1. The number of hydrogen-bond acceptors (Lipinski definition) is 3. The van der Waals surface area contributed by atoms with Crippen molar-refractivity contribution < 1.29 is 19.6 Å². The molecular formula is C24H29N2O3+. The summed E-state index contributed by atoms with van der Waals surface area (Å²) >= 11 is 0. The maximum Gasteiger partial charge on any atom is 0.295 e. The summed E-state index contributed by atoms with van der Waals surface area (Å²) in [7, 11) is 0. The van der Waals surface area contributed by atoms with Crippen molar-refractivity contribution in [1.82, 2.24) is 4.90 Å². The zero-order valence-electron chi connectivity index (χ0n) is 17.3. The fourth-order valence-electron chi connectivity index (χ4n) is 3.84. The van der Waals surface area contributed by atoms with Crippen molar-refractivity contribution in [3.05, 3.63) is 76.9 Å². The van der Waals surface area contributed by atoms with Gasteiger partial charge in [-0.1, -0.05) is 60.2 Å². The summed E-state index contributed by atoms with van der Waals surface area (Å²) in [5.41, 5.74) is 2.64. The lowest BCUT2D eigenvalue weighted by Crippen LogP contribution is -3.12. The number of rotatable bonds is 7. The van der Waals surface area contributed by atoms with Gasteiger partial charge in [0.05, 0.1) is 37.8 Å². The molecule has 2 aromatic rings. The van der Waals surface area contributed by atoms with Crippen LogP contribution < -0.4 is 4.90 Å². The average Bonchev–Trinajstić information content (AvgIpc) is 3.00. The van der Waals surface area contributed by atoms with Gasteiger partial charge in [-0.3, -0.25) is 9.59 Å². The molecule has 29 heavy (non-hydrogen) atoms. The van der Waals surface area contributed by atoms with E-state index in [0.717, 1.165) is 30.8 Å². The molecular weight excluding hydrogens is 364 g/mol. The number of likely N-dealkylation sites (tertiary alicyclic amines) is 1. The monoisotopic (exact) mass is 393 g/mol. The predicted molar refractivity (Wildman–Crippen MR) is 114 cm³/mol. The van der Waals surface area contributed by atoms with Crippen molar-refractivity contribution in [3.63, 3.8) is 0 Å². The Balaban J connectivity index is 2.07. The van der Waals surface area contributed by atoms with Gasteiger partial charge in [-0.05, 0) is 26.3 Å². The molecule has 0 radical (unpaired) electrons. The fraction of sp³-hybridized carbons (Fsp3) is 0.333. The Morgan fingerprint density at radius 2 is 1.62 bits per heavy atom. The normalized spacial score (nSPS) is 18.6. The number of aliphatic hydroxyl groups excluding tert-OH is 1. The summed E-state index contributed by atoms with van der Waals surface area (Å²) in [6, 6.07) is 16.2. The maximum atomic E-state index is 12.9. The van der Waals surface area contributed by atoms with E-state index in [1.807, 2.05) is 37.3 Å². The molecule has 152 valence electrons. The standard InChI is InChI=1S/C24H28N2O3/c1-4-25(5-2)15-16-26-21(18-13-11-17(3)12-14-18)20(23(28)24(26)29)22(27)19-9-7-6-8-10-19/h6-14,21,27H,4-5,15-16H2,1-3H3/p+1/t21-/m1/s1. The molecule has 1 aliphatic heterocycles. The van der Waals surface area contributed by atoms with Crippen molar-refractivity contribution in [2.75, 3.05) is 26.2 Å².